The summed E-state index contributed by atoms with van der Waals surface area (Å²) >= 11 is 0.807. The van der Waals surface area contributed by atoms with Crippen LogP contribution >= 0.6 is 11.3 Å². The van der Waals surface area contributed by atoms with Crippen LogP contribution in [0.3, 0.4) is 0 Å². The first kappa shape index (κ1) is 23.4. The Morgan fingerprint density at radius 2 is 1.84 bits per heavy atom. The van der Waals surface area contributed by atoms with E-state index in [0.717, 1.165) is 17.8 Å². The van der Waals surface area contributed by atoms with Gasteiger partial charge in [-0.05, 0) is 47.6 Å². The van der Waals surface area contributed by atoms with Gasteiger partial charge in [0.25, 0.3) is 5.91 Å². The van der Waals surface area contributed by atoms with Crippen LogP contribution in [0.15, 0.2) is 52.9 Å². The first-order chi connectivity index (χ1) is 15.3. The number of ether oxygens (including phenoxy) is 1. The Kier molecular flexibility index (Phi) is 7.54. The number of anilines is 1. The van der Waals surface area contributed by atoms with E-state index >= 15 is 0 Å². The molecule has 0 atom stereocenters. The SMILES string of the molecule is CCCNC(=O)c1ccc(CS(=O)(=O)c2nnc(Oc3cccc(NC(C)=O)c3)s2)cc1. The first-order valence-corrected chi connectivity index (χ1v) is 12.2. The minimum absolute atomic E-state index is 0.0616. The van der Waals surface area contributed by atoms with E-state index in [1.807, 2.05) is 6.92 Å². The van der Waals surface area contributed by atoms with Gasteiger partial charge in [-0.1, -0.05) is 30.2 Å². The van der Waals surface area contributed by atoms with Crippen LogP contribution in [0.5, 0.6) is 10.9 Å². The average molecular weight is 475 g/mol. The van der Waals surface area contributed by atoms with Gasteiger partial charge in [0.2, 0.25) is 20.1 Å². The summed E-state index contributed by atoms with van der Waals surface area (Å²) in [5.74, 6) is -0.319. The summed E-state index contributed by atoms with van der Waals surface area (Å²) in [6.07, 6.45) is 0.830. The fourth-order valence-electron chi connectivity index (χ4n) is 2.68. The summed E-state index contributed by atoms with van der Waals surface area (Å²) < 4.78 is 30.9. The van der Waals surface area contributed by atoms with Crippen molar-refractivity contribution >= 4 is 38.7 Å². The molecule has 0 aliphatic carbocycles. The van der Waals surface area contributed by atoms with E-state index in [0.29, 0.717) is 29.1 Å². The second kappa shape index (κ2) is 10.3. The molecular formula is C21H22N4O5S2. The zero-order valence-electron chi connectivity index (χ0n) is 17.5. The number of carbonyl (C=O) groups is 2. The van der Waals surface area contributed by atoms with Crippen molar-refractivity contribution in [2.45, 2.75) is 30.4 Å². The highest BCUT2D eigenvalue weighted by molar-refractivity contribution is 7.92. The molecule has 2 N–H and O–H groups in total. The van der Waals surface area contributed by atoms with Crippen molar-refractivity contribution in [3.05, 3.63) is 59.7 Å². The molecule has 0 saturated carbocycles. The summed E-state index contributed by atoms with van der Waals surface area (Å²) in [5.41, 5.74) is 1.53. The van der Waals surface area contributed by atoms with E-state index in [9.17, 15) is 18.0 Å². The first-order valence-electron chi connectivity index (χ1n) is 9.76. The minimum atomic E-state index is -3.75. The lowest BCUT2D eigenvalue weighted by Gasteiger charge is -2.05. The smallest absolute Gasteiger partial charge is 0.300 e. The van der Waals surface area contributed by atoms with Gasteiger partial charge in [0, 0.05) is 30.8 Å². The largest absolute Gasteiger partial charge is 0.430 e. The van der Waals surface area contributed by atoms with Gasteiger partial charge in [0.15, 0.2) is 0 Å². The van der Waals surface area contributed by atoms with E-state index in [-0.39, 0.29) is 27.1 Å². The molecule has 32 heavy (non-hydrogen) atoms. The lowest BCUT2D eigenvalue weighted by Crippen LogP contribution is -2.23. The minimum Gasteiger partial charge on any atom is -0.430 e. The molecule has 1 aromatic heterocycles. The molecule has 1 heterocycles. The van der Waals surface area contributed by atoms with Gasteiger partial charge in [0.1, 0.15) is 5.75 Å². The number of hydrogen-bond donors (Lipinski definition) is 2. The number of rotatable bonds is 9. The molecular weight excluding hydrogens is 452 g/mol. The molecule has 0 saturated heterocycles. The summed E-state index contributed by atoms with van der Waals surface area (Å²) in [7, 11) is -3.75. The van der Waals surface area contributed by atoms with Crippen LogP contribution < -0.4 is 15.4 Å². The van der Waals surface area contributed by atoms with Crippen LogP contribution in [-0.2, 0) is 20.4 Å². The van der Waals surface area contributed by atoms with E-state index in [1.165, 1.54) is 6.92 Å². The lowest BCUT2D eigenvalue weighted by molar-refractivity contribution is -0.114. The van der Waals surface area contributed by atoms with Crippen molar-refractivity contribution in [1.29, 1.82) is 0 Å². The Bertz CT molecular complexity index is 1210. The Morgan fingerprint density at radius 3 is 2.53 bits per heavy atom. The molecule has 9 nitrogen and oxygen atoms in total. The van der Waals surface area contributed by atoms with Crippen molar-refractivity contribution < 1.29 is 22.7 Å². The summed E-state index contributed by atoms with van der Waals surface area (Å²) in [5, 5.41) is 13.0. The molecule has 0 aliphatic heterocycles. The molecule has 11 heteroatoms. The highest BCUT2D eigenvalue weighted by Crippen LogP contribution is 2.30. The molecule has 0 radical (unpaired) electrons. The normalized spacial score (nSPS) is 11.1. The van der Waals surface area contributed by atoms with Gasteiger partial charge in [0.05, 0.1) is 5.75 Å². The maximum Gasteiger partial charge on any atom is 0.300 e. The van der Waals surface area contributed by atoms with Crippen molar-refractivity contribution in [3.8, 4) is 10.9 Å². The van der Waals surface area contributed by atoms with Crippen LogP contribution in [0.1, 0.15) is 36.2 Å². The van der Waals surface area contributed by atoms with E-state index in [1.54, 1.807) is 48.5 Å². The molecule has 2 aromatic carbocycles. The number of nitrogens with one attached hydrogen (secondary N) is 2. The summed E-state index contributed by atoms with van der Waals surface area (Å²) in [6, 6.07) is 13.0. The number of carbonyl (C=O) groups excluding carboxylic acids is 2. The van der Waals surface area contributed by atoms with Crippen molar-refractivity contribution in [2.24, 2.45) is 0 Å². The van der Waals surface area contributed by atoms with Crippen molar-refractivity contribution in [3.63, 3.8) is 0 Å². The molecule has 0 unspecified atom stereocenters. The van der Waals surface area contributed by atoms with Gasteiger partial charge < -0.3 is 15.4 Å². The number of benzene rings is 2. The molecule has 2 amide bonds. The third-order valence-electron chi connectivity index (χ3n) is 4.12. The summed E-state index contributed by atoms with van der Waals surface area (Å²) in [4.78, 5) is 23.1. The number of amides is 2. The molecule has 168 valence electrons. The predicted molar refractivity (Wildman–Crippen MR) is 121 cm³/mol. The van der Waals surface area contributed by atoms with Gasteiger partial charge in [-0.25, -0.2) is 8.42 Å². The number of hydrogen-bond acceptors (Lipinski definition) is 8. The third-order valence-corrected chi connectivity index (χ3v) is 7.06. The zero-order chi connectivity index (χ0) is 23.1. The standard InChI is InChI=1S/C21H22N4O5S2/c1-3-11-22-19(27)16-9-7-15(8-10-16)13-32(28,29)21-25-24-20(31-21)30-18-6-4-5-17(12-18)23-14(2)26/h4-10,12H,3,11,13H2,1-2H3,(H,22,27)(H,23,26). The fourth-order valence-corrected chi connectivity index (χ4v) is 4.95. The Balaban J connectivity index is 1.67. The van der Waals surface area contributed by atoms with Gasteiger partial charge in [-0.3, -0.25) is 9.59 Å². The van der Waals surface area contributed by atoms with Crippen LogP contribution in [0.25, 0.3) is 0 Å². The monoisotopic (exact) mass is 474 g/mol. The van der Waals surface area contributed by atoms with Crippen LogP contribution in [0.2, 0.25) is 0 Å². The van der Waals surface area contributed by atoms with Crippen molar-refractivity contribution in [2.75, 3.05) is 11.9 Å². The Hall–Kier alpha value is -3.31. The van der Waals surface area contributed by atoms with Gasteiger partial charge >= 0.3 is 5.19 Å². The second-order valence-corrected chi connectivity index (χ2v) is 9.96. The highest BCUT2D eigenvalue weighted by atomic mass is 32.2. The molecule has 0 bridgehead atoms. The number of nitrogens with zero attached hydrogens (tertiary/aromatic N) is 2. The topological polar surface area (TPSA) is 127 Å². The predicted octanol–water partition coefficient (Wildman–Crippen LogP) is 3.40. The molecule has 0 fully saturated rings. The Morgan fingerprint density at radius 1 is 1.09 bits per heavy atom. The lowest BCUT2D eigenvalue weighted by atomic mass is 10.1. The quantitative estimate of drug-likeness (QED) is 0.486. The molecule has 0 spiro atoms. The zero-order valence-corrected chi connectivity index (χ0v) is 19.1. The van der Waals surface area contributed by atoms with E-state index in [4.69, 9.17) is 4.74 Å². The molecule has 3 rings (SSSR count). The second-order valence-electron chi connectivity index (χ2n) is 6.86. The molecule has 0 aliphatic rings. The van der Waals surface area contributed by atoms with Gasteiger partial charge in [-0.15, -0.1) is 5.10 Å². The Labute approximate surface area is 189 Å². The van der Waals surface area contributed by atoms with Crippen molar-refractivity contribution in [1.82, 2.24) is 15.5 Å². The van der Waals surface area contributed by atoms with Crippen LogP contribution in [0.4, 0.5) is 5.69 Å². The van der Waals surface area contributed by atoms with Crippen LogP contribution in [0, 0.1) is 0 Å². The third kappa shape index (κ3) is 6.34. The van der Waals surface area contributed by atoms with E-state index < -0.39 is 9.84 Å². The van der Waals surface area contributed by atoms with E-state index in [2.05, 4.69) is 20.8 Å². The maximum atomic E-state index is 12.7. The number of sulfone groups is 1. The fraction of sp³-hybridized carbons (Fsp3) is 0.238. The van der Waals surface area contributed by atoms with Crippen LogP contribution in [-0.4, -0.2) is 37.0 Å². The molecule has 3 aromatic rings. The highest BCUT2D eigenvalue weighted by Gasteiger charge is 2.22. The van der Waals surface area contributed by atoms with Gasteiger partial charge in [-0.2, -0.15) is 0 Å². The summed E-state index contributed by atoms with van der Waals surface area (Å²) in [6.45, 7) is 3.93. The maximum absolute atomic E-state index is 12.7. The average Bonchev–Trinajstić information content (AvgIpc) is 3.21. The number of aromatic nitrogens is 2.